The lowest BCUT2D eigenvalue weighted by atomic mass is 10.0. The van der Waals surface area contributed by atoms with Crippen molar-refractivity contribution >= 4 is 29.4 Å². The summed E-state index contributed by atoms with van der Waals surface area (Å²) in [6.07, 6.45) is 0.194. The Balaban J connectivity index is 1.76. The standard InChI is InChI=1S/C24H23N3O5/c1-16(2)14-20(27-22(29)18-10-6-7-11-19(18)23(27)30)24(31)32-15-21(28)26(13-12-25)17-8-4-3-5-9-17/h3-11,16,20H,13-15H2,1-2H3. The molecular weight excluding hydrogens is 410 g/mol. The molecule has 8 heteroatoms. The van der Waals surface area contributed by atoms with Crippen molar-refractivity contribution in [2.45, 2.75) is 26.3 Å². The minimum Gasteiger partial charge on any atom is -0.454 e. The number of nitriles is 1. The zero-order valence-corrected chi connectivity index (χ0v) is 17.9. The van der Waals surface area contributed by atoms with Crippen molar-refractivity contribution in [3.05, 3.63) is 65.7 Å². The SMILES string of the molecule is CC(C)CC(C(=O)OCC(=O)N(CC#N)c1ccccc1)N1C(=O)c2ccccc2C1=O. The van der Waals surface area contributed by atoms with Gasteiger partial charge in [-0.2, -0.15) is 5.26 Å². The van der Waals surface area contributed by atoms with Crippen molar-refractivity contribution in [2.75, 3.05) is 18.1 Å². The Morgan fingerprint density at radius 2 is 1.56 bits per heavy atom. The largest absolute Gasteiger partial charge is 0.454 e. The Morgan fingerprint density at radius 1 is 1.00 bits per heavy atom. The van der Waals surface area contributed by atoms with E-state index >= 15 is 0 Å². The molecule has 3 rings (SSSR count). The van der Waals surface area contributed by atoms with E-state index in [1.54, 1.807) is 42.5 Å². The molecule has 0 spiro atoms. The molecule has 0 saturated carbocycles. The van der Waals surface area contributed by atoms with Crippen LogP contribution in [-0.4, -0.2) is 47.8 Å². The van der Waals surface area contributed by atoms with Crippen molar-refractivity contribution in [1.29, 1.82) is 5.26 Å². The summed E-state index contributed by atoms with van der Waals surface area (Å²) >= 11 is 0. The molecule has 3 amide bonds. The van der Waals surface area contributed by atoms with Gasteiger partial charge in [0.05, 0.1) is 17.2 Å². The number of carbonyl (C=O) groups excluding carboxylic acids is 4. The van der Waals surface area contributed by atoms with E-state index in [1.807, 2.05) is 19.9 Å². The van der Waals surface area contributed by atoms with Crippen molar-refractivity contribution in [3.8, 4) is 6.07 Å². The average Bonchev–Trinajstić information content (AvgIpc) is 3.04. The molecule has 0 radical (unpaired) electrons. The number of amides is 3. The van der Waals surface area contributed by atoms with E-state index in [9.17, 15) is 19.2 Å². The van der Waals surface area contributed by atoms with E-state index in [-0.39, 0.29) is 30.0 Å². The summed E-state index contributed by atoms with van der Waals surface area (Å²) in [6, 6.07) is 15.7. The predicted octanol–water partition coefficient (Wildman–Crippen LogP) is 2.80. The highest BCUT2D eigenvalue weighted by atomic mass is 16.5. The van der Waals surface area contributed by atoms with E-state index in [4.69, 9.17) is 10.00 Å². The summed E-state index contributed by atoms with van der Waals surface area (Å²) in [5.74, 6) is -2.57. The second kappa shape index (κ2) is 9.88. The minimum atomic E-state index is -1.16. The number of imide groups is 1. The molecule has 0 aliphatic carbocycles. The van der Waals surface area contributed by atoms with Gasteiger partial charge < -0.3 is 4.74 Å². The van der Waals surface area contributed by atoms with Crippen LogP contribution in [0.3, 0.4) is 0 Å². The molecule has 0 fully saturated rings. The Bertz CT molecular complexity index is 1040. The molecule has 0 N–H and O–H groups in total. The van der Waals surface area contributed by atoms with Crippen molar-refractivity contribution < 1.29 is 23.9 Å². The van der Waals surface area contributed by atoms with Gasteiger partial charge in [-0.1, -0.05) is 44.2 Å². The van der Waals surface area contributed by atoms with Crippen LogP contribution < -0.4 is 4.90 Å². The predicted molar refractivity (Wildman–Crippen MR) is 116 cm³/mol. The lowest BCUT2D eigenvalue weighted by molar-refractivity contribution is -0.152. The van der Waals surface area contributed by atoms with Crippen LogP contribution in [0, 0.1) is 17.2 Å². The third kappa shape index (κ3) is 4.67. The van der Waals surface area contributed by atoms with Crippen LogP contribution in [0.15, 0.2) is 54.6 Å². The van der Waals surface area contributed by atoms with Crippen LogP contribution in [0.25, 0.3) is 0 Å². The third-order valence-corrected chi connectivity index (χ3v) is 5.04. The van der Waals surface area contributed by atoms with Crippen molar-refractivity contribution in [1.82, 2.24) is 4.90 Å². The summed E-state index contributed by atoms with van der Waals surface area (Å²) in [6.45, 7) is 2.88. The van der Waals surface area contributed by atoms with E-state index in [1.165, 1.54) is 17.0 Å². The zero-order valence-electron chi connectivity index (χ0n) is 17.9. The number of hydrogen-bond acceptors (Lipinski definition) is 6. The van der Waals surface area contributed by atoms with Gasteiger partial charge in [0.2, 0.25) is 0 Å². The molecule has 164 valence electrons. The van der Waals surface area contributed by atoms with Gasteiger partial charge in [0.25, 0.3) is 17.7 Å². The van der Waals surface area contributed by atoms with Gasteiger partial charge >= 0.3 is 5.97 Å². The smallest absolute Gasteiger partial charge is 0.329 e. The first-order valence-corrected chi connectivity index (χ1v) is 10.2. The van der Waals surface area contributed by atoms with Gasteiger partial charge in [0.15, 0.2) is 6.61 Å². The highest BCUT2D eigenvalue weighted by Crippen LogP contribution is 2.27. The molecule has 1 aliphatic rings. The van der Waals surface area contributed by atoms with Gasteiger partial charge in [-0.05, 0) is 36.6 Å². The molecule has 2 aromatic carbocycles. The van der Waals surface area contributed by atoms with Gasteiger partial charge in [-0.3, -0.25) is 24.2 Å². The first-order valence-electron chi connectivity index (χ1n) is 10.2. The Hall–Kier alpha value is -3.99. The van der Waals surface area contributed by atoms with Gasteiger partial charge in [0, 0.05) is 5.69 Å². The third-order valence-electron chi connectivity index (χ3n) is 5.04. The molecule has 1 unspecified atom stereocenters. The second-order valence-electron chi connectivity index (χ2n) is 7.75. The Morgan fingerprint density at radius 3 is 2.09 bits per heavy atom. The number of para-hydroxylation sites is 1. The van der Waals surface area contributed by atoms with Crippen molar-refractivity contribution in [2.24, 2.45) is 5.92 Å². The van der Waals surface area contributed by atoms with E-state index in [0.717, 1.165) is 4.90 Å². The summed E-state index contributed by atoms with van der Waals surface area (Å²) in [4.78, 5) is 53.4. The van der Waals surface area contributed by atoms with E-state index < -0.39 is 36.3 Å². The highest BCUT2D eigenvalue weighted by Gasteiger charge is 2.43. The molecule has 8 nitrogen and oxygen atoms in total. The molecule has 0 bridgehead atoms. The lowest BCUT2D eigenvalue weighted by Crippen LogP contribution is -2.47. The Kier molecular flexibility index (Phi) is 7.00. The fraction of sp³-hybridized carbons (Fsp3) is 0.292. The first-order chi connectivity index (χ1) is 15.3. The fourth-order valence-electron chi connectivity index (χ4n) is 3.55. The lowest BCUT2D eigenvalue weighted by Gasteiger charge is -2.26. The molecular formula is C24H23N3O5. The number of benzene rings is 2. The molecule has 32 heavy (non-hydrogen) atoms. The highest BCUT2D eigenvalue weighted by molar-refractivity contribution is 6.22. The summed E-state index contributed by atoms with van der Waals surface area (Å²) in [5.41, 5.74) is 0.966. The topological polar surface area (TPSA) is 108 Å². The number of rotatable bonds is 8. The van der Waals surface area contributed by atoms with Gasteiger partial charge in [0.1, 0.15) is 12.6 Å². The Labute approximate surface area is 186 Å². The first kappa shape index (κ1) is 22.7. The van der Waals surface area contributed by atoms with Gasteiger partial charge in [-0.25, -0.2) is 4.79 Å². The second-order valence-corrected chi connectivity index (χ2v) is 7.75. The minimum absolute atomic E-state index is 0.0213. The average molecular weight is 433 g/mol. The maximum absolute atomic E-state index is 12.9. The molecule has 2 aromatic rings. The zero-order chi connectivity index (χ0) is 23.3. The van der Waals surface area contributed by atoms with Crippen LogP contribution >= 0.6 is 0 Å². The number of ether oxygens (including phenoxy) is 1. The number of esters is 1. The summed E-state index contributed by atoms with van der Waals surface area (Å²) < 4.78 is 5.24. The van der Waals surface area contributed by atoms with Crippen LogP contribution in [0.2, 0.25) is 0 Å². The van der Waals surface area contributed by atoms with Gasteiger partial charge in [-0.15, -0.1) is 0 Å². The van der Waals surface area contributed by atoms with Crippen molar-refractivity contribution in [3.63, 3.8) is 0 Å². The number of carbonyl (C=O) groups is 4. The van der Waals surface area contributed by atoms with E-state index in [0.29, 0.717) is 5.69 Å². The van der Waals surface area contributed by atoms with E-state index in [2.05, 4.69) is 0 Å². The molecule has 0 aromatic heterocycles. The molecule has 1 heterocycles. The maximum Gasteiger partial charge on any atom is 0.329 e. The number of fused-ring (bicyclic) bond motifs is 1. The monoisotopic (exact) mass is 433 g/mol. The number of anilines is 1. The van der Waals surface area contributed by atoms with Crippen LogP contribution in [0.1, 0.15) is 41.0 Å². The molecule has 1 aliphatic heterocycles. The molecule has 0 saturated heterocycles. The fourth-order valence-corrected chi connectivity index (χ4v) is 3.55. The maximum atomic E-state index is 12.9. The summed E-state index contributed by atoms with van der Waals surface area (Å²) in [5, 5.41) is 9.07. The van der Waals surface area contributed by atoms with Crippen LogP contribution in [0.4, 0.5) is 5.69 Å². The van der Waals surface area contributed by atoms with Crippen LogP contribution in [-0.2, 0) is 14.3 Å². The van der Waals surface area contributed by atoms with Crippen LogP contribution in [0.5, 0.6) is 0 Å². The quantitative estimate of drug-likeness (QED) is 0.360. The summed E-state index contributed by atoms with van der Waals surface area (Å²) in [7, 11) is 0. The normalized spacial score (nSPS) is 13.5. The molecule has 1 atom stereocenters. The number of hydrogen-bond donors (Lipinski definition) is 0. The number of nitrogens with zero attached hydrogens (tertiary/aromatic N) is 3.